The van der Waals surface area contributed by atoms with Crippen LogP contribution in [0.25, 0.3) is 44.5 Å². The van der Waals surface area contributed by atoms with Crippen molar-refractivity contribution in [3.8, 4) is 39.3 Å². The molecule has 5 aromatic rings. The third-order valence-electron chi connectivity index (χ3n) is 9.84. The van der Waals surface area contributed by atoms with Gasteiger partial charge in [0, 0.05) is 64.4 Å². The van der Waals surface area contributed by atoms with E-state index in [0.717, 1.165) is 76.3 Å². The van der Waals surface area contributed by atoms with Crippen LogP contribution in [0.3, 0.4) is 0 Å². The van der Waals surface area contributed by atoms with E-state index in [1.165, 1.54) is 36.0 Å². The molecule has 6 nitrogen and oxygen atoms in total. The fourth-order valence-electron chi connectivity index (χ4n) is 7.57. The molecule has 3 atom stereocenters. The molecule has 2 bridgehead atoms. The molecule has 0 radical (unpaired) electrons. The van der Waals surface area contributed by atoms with Crippen molar-refractivity contribution in [3.05, 3.63) is 89.9 Å². The summed E-state index contributed by atoms with van der Waals surface area (Å²) in [5.74, 6) is 0.852. The molecule has 5 heterocycles. The van der Waals surface area contributed by atoms with Crippen molar-refractivity contribution in [2.45, 2.75) is 57.2 Å². The number of aromatic nitrogens is 3. The van der Waals surface area contributed by atoms with Crippen molar-refractivity contribution in [3.63, 3.8) is 0 Å². The lowest BCUT2D eigenvalue weighted by Gasteiger charge is -2.56. The minimum absolute atomic E-state index is 0.651. The van der Waals surface area contributed by atoms with E-state index in [2.05, 4.69) is 76.5 Å². The van der Waals surface area contributed by atoms with Crippen LogP contribution in [-0.4, -0.2) is 58.3 Å². The largest absolute Gasteiger partial charge is 0.496 e. The zero-order chi connectivity index (χ0) is 28.2. The summed E-state index contributed by atoms with van der Waals surface area (Å²) in [5, 5.41) is 1.14. The molecule has 8 rings (SSSR count). The number of nitrogens with one attached hydrogen (secondary N) is 1. The number of rotatable bonds is 5. The lowest BCUT2D eigenvalue weighted by atomic mass is 9.87. The zero-order valence-electron chi connectivity index (χ0n) is 24.3. The van der Waals surface area contributed by atoms with Gasteiger partial charge in [0.15, 0.2) is 0 Å². The summed E-state index contributed by atoms with van der Waals surface area (Å²) in [6.07, 6.45) is 12.0. The van der Waals surface area contributed by atoms with Crippen LogP contribution in [0, 0.1) is 6.92 Å². The molecule has 42 heavy (non-hydrogen) atoms. The van der Waals surface area contributed by atoms with Gasteiger partial charge < -0.3 is 14.5 Å². The second-order valence-electron chi connectivity index (χ2n) is 12.1. The molecule has 0 saturated carbocycles. The maximum atomic E-state index is 5.75. The molecule has 0 spiro atoms. The molecule has 2 unspecified atom stereocenters. The van der Waals surface area contributed by atoms with Gasteiger partial charge in [-0.05, 0) is 73.4 Å². The number of nitrogens with zero attached hydrogens (tertiary/aromatic N) is 3. The molecule has 2 aromatic carbocycles. The van der Waals surface area contributed by atoms with Crippen molar-refractivity contribution in [2.24, 2.45) is 0 Å². The average Bonchev–Trinajstić information content (AvgIpc) is 3.35. The van der Waals surface area contributed by atoms with E-state index in [1.807, 2.05) is 12.3 Å². The molecule has 0 amide bonds. The van der Waals surface area contributed by atoms with E-state index >= 15 is 0 Å². The molecule has 3 aliphatic rings. The second-order valence-corrected chi connectivity index (χ2v) is 12.1. The first kappa shape index (κ1) is 25.7. The van der Waals surface area contributed by atoms with Gasteiger partial charge in [-0.3, -0.25) is 9.88 Å². The van der Waals surface area contributed by atoms with E-state index in [0.29, 0.717) is 18.1 Å². The van der Waals surface area contributed by atoms with Crippen LogP contribution in [0.5, 0.6) is 5.75 Å². The minimum atomic E-state index is 0.651. The Hall–Kier alpha value is -4.00. The Bertz CT molecular complexity index is 1760. The molecule has 1 N–H and O–H groups in total. The van der Waals surface area contributed by atoms with Gasteiger partial charge in [-0.2, -0.15) is 0 Å². The normalized spacial score (nSPS) is 21.9. The molecule has 2 saturated heterocycles. The summed E-state index contributed by atoms with van der Waals surface area (Å²) in [4.78, 5) is 15.6. The van der Waals surface area contributed by atoms with Crippen LogP contribution in [0.1, 0.15) is 36.0 Å². The fraction of sp³-hybridized carbons (Fsp3) is 0.333. The van der Waals surface area contributed by atoms with E-state index in [9.17, 15) is 0 Å². The summed E-state index contributed by atoms with van der Waals surface area (Å²) in [6, 6.07) is 21.9. The van der Waals surface area contributed by atoms with Gasteiger partial charge in [0.1, 0.15) is 11.4 Å². The average molecular weight is 557 g/mol. The highest BCUT2D eigenvalue weighted by Gasteiger charge is 2.45. The number of methoxy groups -OCH3 is 1. The fourth-order valence-corrected chi connectivity index (χ4v) is 7.57. The van der Waals surface area contributed by atoms with Crippen molar-refractivity contribution < 1.29 is 9.47 Å². The molecule has 2 fully saturated rings. The highest BCUT2D eigenvalue weighted by molar-refractivity contribution is 5.96. The topological polar surface area (TPSA) is 63.3 Å². The number of hydrogen-bond donors (Lipinski definition) is 1. The maximum absolute atomic E-state index is 5.75. The molecule has 3 aromatic heterocycles. The number of hydrogen-bond acceptors (Lipinski definition) is 5. The summed E-state index contributed by atoms with van der Waals surface area (Å²) in [7, 11) is 1.70. The molecule has 6 heteroatoms. The van der Waals surface area contributed by atoms with E-state index < -0.39 is 0 Å². The lowest BCUT2D eigenvalue weighted by molar-refractivity contribution is -0.148. The maximum Gasteiger partial charge on any atom is 0.137 e. The van der Waals surface area contributed by atoms with Crippen LogP contribution < -0.4 is 4.74 Å². The monoisotopic (exact) mass is 556 g/mol. The summed E-state index contributed by atoms with van der Waals surface area (Å²) in [5.41, 5.74) is 11.7. The van der Waals surface area contributed by atoms with Gasteiger partial charge in [0.05, 0.1) is 26.0 Å². The Labute approximate surface area is 246 Å². The lowest BCUT2D eigenvalue weighted by Crippen LogP contribution is -2.66. The highest BCUT2D eigenvalue weighted by Crippen LogP contribution is 2.38. The molecular formula is C36H36N4O2. The zero-order valence-corrected chi connectivity index (χ0v) is 24.3. The number of fused-ring (bicyclic) bond motifs is 4. The van der Waals surface area contributed by atoms with Crippen molar-refractivity contribution >= 4 is 11.0 Å². The van der Waals surface area contributed by atoms with Crippen molar-refractivity contribution in [1.29, 1.82) is 0 Å². The molecule has 212 valence electrons. The van der Waals surface area contributed by atoms with Crippen LogP contribution in [0.15, 0.2) is 73.2 Å². The quantitative estimate of drug-likeness (QED) is 0.236. The summed E-state index contributed by atoms with van der Waals surface area (Å²) >= 11 is 0. The third kappa shape index (κ3) is 4.32. The Kier molecular flexibility index (Phi) is 6.34. The van der Waals surface area contributed by atoms with Crippen LogP contribution in [0.2, 0.25) is 0 Å². The smallest absolute Gasteiger partial charge is 0.137 e. The van der Waals surface area contributed by atoms with Crippen LogP contribution >= 0.6 is 0 Å². The minimum Gasteiger partial charge on any atom is -0.496 e. The molecule has 1 aliphatic carbocycles. The molecular weight excluding hydrogens is 520 g/mol. The first-order valence-corrected chi connectivity index (χ1v) is 15.2. The number of benzene rings is 2. The third-order valence-corrected chi connectivity index (χ3v) is 9.84. The number of ether oxygens (including phenoxy) is 2. The Morgan fingerprint density at radius 2 is 1.60 bits per heavy atom. The standard InChI is InChI=1S/C36H36N4O2/c1-22-34(41-2)13-14-37-35(22)25-6-4-24(5-7-25)33-19-39-36-32(33)16-28(18-38-36)27-8-3-23-9-11-29(12-10-26(23)15-27)40-30-17-31(40)21-42-20-30/h3-8,13-16,18-19,29-31H,9-12,17,20-21H2,1-2H3,(H,38,39)/t29-,30?,31?/m0/s1. The first-order valence-electron chi connectivity index (χ1n) is 15.2. The van der Waals surface area contributed by atoms with E-state index in [1.54, 1.807) is 13.3 Å². The van der Waals surface area contributed by atoms with E-state index in [-0.39, 0.29) is 0 Å². The van der Waals surface area contributed by atoms with E-state index in [4.69, 9.17) is 14.5 Å². The van der Waals surface area contributed by atoms with Gasteiger partial charge in [0.2, 0.25) is 0 Å². The number of aromatic amines is 1. The van der Waals surface area contributed by atoms with Crippen LogP contribution in [0.4, 0.5) is 0 Å². The van der Waals surface area contributed by atoms with Gasteiger partial charge in [-0.25, -0.2) is 4.98 Å². The van der Waals surface area contributed by atoms with Gasteiger partial charge in [-0.15, -0.1) is 0 Å². The Morgan fingerprint density at radius 3 is 2.38 bits per heavy atom. The SMILES string of the molecule is COc1ccnc(-c2ccc(-c3c[nH]c4ncc(-c5ccc6c(c5)CC[C@@H](N5C7COCC5C7)CC6)cc34)cc2)c1C. The Morgan fingerprint density at radius 1 is 0.833 bits per heavy atom. The second kappa shape index (κ2) is 10.4. The molecule has 2 aliphatic heterocycles. The van der Waals surface area contributed by atoms with Gasteiger partial charge >= 0.3 is 0 Å². The summed E-state index contributed by atoms with van der Waals surface area (Å²) in [6.45, 7) is 3.89. The Balaban J connectivity index is 1.06. The predicted molar refractivity (Wildman–Crippen MR) is 167 cm³/mol. The number of pyridine rings is 2. The van der Waals surface area contributed by atoms with Crippen LogP contribution in [-0.2, 0) is 17.6 Å². The number of morpholine rings is 1. The van der Waals surface area contributed by atoms with Crippen molar-refractivity contribution in [2.75, 3.05) is 20.3 Å². The highest BCUT2D eigenvalue weighted by atomic mass is 16.5. The van der Waals surface area contributed by atoms with Gasteiger partial charge in [0.25, 0.3) is 0 Å². The first-order chi connectivity index (χ1) is 20.7. The van der Waals surface area contributed by atoms with Gasteiger partial charge in [-0.1, -0.05) is 42.5 Å². The number of aryl methyl sites for hydroxylation is 2. The summed E-state index contributed by atoms with van der Waals surface area (Å²) < 4.78 is 11.3. The predicted octanol–water partition coefficient (Wildman–Crippen LogP) is 7.00. The number of H-pyrrole nitrogens is 1. The van der Waals surface area contributed by atoms with Crippen molar-refractivity contribution in [1.82, 2.24) is 19.9 Å².